The van der Waals surface area contributed by atoms with Crippen LogP contribution in [0.2, 0.25) is 0 Å². The second-order valence-electron chi connectivity index (χ2n) is 6.89. The molecule has 7 nitrogen and oxygen atoms in total. The molecule has 0 bridgehead atoms. The zero-order valence-electron chi connectivity index (χ0n) is 16.9. The Labute approximate surface area is 177 Å². The lowest BCUT2D eigenvalue weighted by molar-refractivity contribution is 0.0561. The molecule has 0 aliphatic heterocycles. The lowest BCUT2D eigenvalue weighted by Crippen LogP contribution is -2.13. The van der Waals surface area contributed by atoms with E-state index in [1.165, 1.54) is 13.2 Å². The predicted octanol–water partition coefficient (Wildman–Crippen LogP) is 4.33. The molecule has 2 aromatic carbocycles. The Morgan fingerprint density at radius 1 is 1.16 bits per heavy atom. The van der Waals surface area contributed by atoms with Gasteiger partial charge in [-0.15, -0.1) is 0 Å². The number of hydrogen-bond donors (Lipinski definition) is 1. The van der Waals surface area contributed by atoms with Gasteiger partial charge >= 0.3 is 5.97 Å². The van der Waals surface area contributed by atoms with Gasteiger partial charge in [-0.3, -0.25) is 4.79 Å². The van der Waals surface area contributed by atoms with Gasteiger partial charge in [0.15, 0.2) is 0 Å². The largest absolute Gasteiger partial charge is 0.485 e. The molecule has 0 aliphatic carbocycles. The van der Waals surface area contributed by atoms with Gasteiger partial charge in [-0.1, -0.05) is 30.3 Å². The van der Waals surface area contributed by atoms with E-state index in [1.807, 2.05) is 36.4 Å². The van der Waals surface area contributed by atoms with Gasteiger partial charge in [0, 0.05) is 16.8 Å². The van der Waals surface area contributed by atoms with E-state index in [1.54, 1.807) is 25.1 Å². The van der Waals surface area contributed by atoms with Crippen LogP contribution in [0.5, 0.6) is 5.75 Å². The molecule has 154 valence electrons. The standard InChI is InChI=1S/C24H18N2O5/c1-14-11-18(19(12-25)23(27)26-14)22-17-6-4-3-5-15(17)7-9-20(22)30-13-16-8-10-21(31-16)24(28)29-2/h3-11H,13H2,1-2H3,(H,26,27). The molecule has 0 radical (unpaired) electrons. The molecule has 0 amide bonds. The van der Waals surface area contributed by atoms with Gasteiger partial charge < -0.3 is 18.9 Å². The van der Waals surface area contributed by atoms with Gasteiger partial charge in [0.2, 0.25) is 5.76 Å². The zero-order chi connectivity index (χ0) is 22.0. The number of benzene rings is 2. The number of nitrogens with one attached hydrogen (secondary N) is 1. The summed E-state index contributed by atoms with van der Waals surface area (Å²) in [6, 6.07) is 18.3. The molecule has 0 atom stereocenters. The Hall–Kier alpha value is -4.31. The van der Waals surface area contributed by atoms with Crippen LogP contribution in [0.1, 0.15) is 27.6 Å². The molecule has 0 aliphatic rings. The van der Waals surface area contributed by atoms with Crippen LogP contribution in [-0.2, 0) is 11.3 Å². The molecule has 0 unspecified atom stereocenters. The zero-order valence-corrected chi connectivity index (χ0v) is 16.9. The van der Waals surface area contributed by atoms with E-state index < -0.39 is 11.5 Å². The van der Waals surface area contributed by atoms with Crippen molar-refractivity contribution in [1.29, 1.82) is 5.26 Å². The summed E-state index contributed by atoms with van der Waals surface area (Å²) in [7, 11) is 1.28. The Kier molecular flexibility index (Phi) is 5.29. The summed E-state index contributed by atoms with van der Waals surface area (Å²) in [6.45, 7) is 1.81. The van der Waals surface area contributed by atoms with E-state index >= 15 is 0 Å². The molecule has 2 aromatic heterocycles. The third-order valence-electron chi connectivity index (χ3n) is 4.86. The number of carbonyl (C=O) groups is 1. The van der Waals surface area contributed by atoms with E-state index in [2.05, 4.69) is 9.72 Å². The van der Waals surface area contributed by atoms with Crippen LogP contribution in [0.25, 0.3) is 21.9 Å². The number of nitrogens with zero attached hydrogens (tertiary/aromatic N) is 1. The number of aromatic nitrogens is 1. The first-order chi connectivity index (χ1) is 15.0. The molecule has 7 heteroatoms. The summed E-state index contributed by atoms with van der Waals surface area (Å²) in [6.07, 6.45) is 0. The van der Waals surface area contributed by atoms with Crippen molar-refractivity contribution in [1.82, 2.24) is 4.98 Å². The minimum Gasteiger partial charge on any atom is -0.485 e. The maximum atomic E-state index is 12.4. The lowest BCUT2D eigenvalue weighted by atomic mass is 9.94. The average Bonchev–Trinajstić information content (AvgIpc) is 3.25. The van der Waals surface area contributed by atoms with Crippen LogP contribution in [0.15, 0.2) is 63.8 Å². The van der Waals surface area contributed by atoms with Crippen molar-refractivity contribution in [3.8, 4) is 22.9 Å². The van der Waals surface area contributed by atoms with Crippen molar-refractivity contribution in [3.63, 3.8) is 0 Å². The fraction of sp³-hybridized carbons (Fsp3) is 0.125. The van der Waals surface area contributed by atoms with Gasteiger partial charge in [-0.2, -0.15) is 5.26 Å². The van der Waals surface area contributed by atoms with E-state index in [0.717, 1.165) is 10.8 Å². The number of aromatic amines is 1. The number of nitriles is 1. The minimum atomic E-state index is -0.574. The number of pyridine rings is 1. The van der Waals surface area contributed by atoms with Crippen molar-refractivity contribution >= 4 is 16.7 Å². The monoisotopic (exact) mass is 414 g/mol. The molecule has 2 heterocycles. The molecule has 0 fully saturated rings. The number of hydrogen-bond acceptors (Lipinski definition) is 6. The number of methoxy groups -OCH3 is 1. The molecular formula is C24H18N2O5. The Bertz CT molecular complexity index is 1390. The van der Waals surface area contributed by atoms with Gasteiger partial charge in [0.1, 0.15) is 29.7 Å². The third-order valence-corrected chi connectivity index (χ3v) is 4.86. The summed E-state index contributed by atoms with van der Waals surface area (Å²) in [4.78, 5) is 26.7. The molecule has 1 N–H and O–H groups in total. The van der Waals surface area contributed by atoms with Crippen molar-refractivity contribution in [2.75, 3.05) is 7.11 Å². The number of furan rings is 1. The molecule has 0 saturated carbocycles. The van der Waals surface area contributed by atoms with Crippen LogP contribution >= 0.6 is 0 Å². The van der Waals surface area contributed by atoms with Crippen LogP contribution in [-0.4, -0.2) is 18.1 Å². The summed E-state index contributed by atoms with van der Waals surface area (Å²) in [5.74, 6) is 0.422. The van der Waals surface area contributed by atoms with Crippen LogP contribution in [0.4, 0.5) is 0 Å². The quantitative estimate of drug-likeness (QED) is 0.487. The summed E-state index contributed by atoms with van der Waals surface area (Å²) in [5.41, 5.74) is 1.32. The molecular weight excluding hydrogens is 396 g/mol. The van der Waals surface area contributed by atoms with E-state index in [-0.39, 0.29) is 17.9 Å². The van der Waals surface area contributed by atoms with E-state index in [0.29, 0.717) is 28.3 Å². The van der Waals surface area contributed by atoms with Gasteiger partial charge in [-0.05, 0) is 42.0 Å². The fourth-order valence-electron chi connectivity index (χ4n) is 3.46. The van der Waals surface area contributed by atoms with Crippen LogP contribution in [0, 0.1) is 18.3 Å². The Morgan fingerprint density at radius 3 is 2.74 bits per heavy atom. The molecule has 0 saturated heterocycles. The minimum absolute atomic E-state index is 0.0118. The number of fused-ring (bicyclic) bond motifs is 1. The second-order valence-corrected chi connectivity index (χ2v) is 6.89. The normalized spacial score (nSPS) is 10.6. The number of carbonyl (C=O) groups excluding carboxylic acids is 1. The predicted molar refractivity (Wildman–Crippen MR) is 114 cm³/mol. The smallest absolute Gasteiger partial charge is 0.373 e. The van der Waals surface area contributed by atoms with Crippen LogP contribution < -0.4 is 10.3 Å². The van der Waals surface area contributed by atoms with Gasteiger partial charge in [0.05, 0.1) is 7.11 Å². The number of esters is 1. The van der Waals surface area contributed by atoms with Crippen molar-refractivity contribution in [2.24, 2.45) is 0 Å². The number of aryl methyl sites for hydroxylation is 1. The molecule has 31 heavy (non-hydrogen) atoms. The SMILES string of the molecule is COC(=O)c1ccc(COc2ccc3ccccc3c2-c2cc(C)[nH]c(=O)c2C#N)o1. The van der Waals surface area contributed by atoms with E-state index in [4.69, 9.17) is 9.15 Å². The first kappa shape index (κ1) is 20.0. The average molecular weight is 414 g/mol. The summed E-state index contributed by atoms with van der Waals surface area (Å²) >= 11 is 0. The number of H-pyrrole nitrogens is 1. The molecule has 4 aromatic rings. The highest BCUT2D eigenvalue weighted by atomic mass is 16.5. The van der Waals surface area contributed by atoms with Crippen molar-refractivity contribution < 1.29 is 18.7 Å². The van der Waals surface area contributed by atoms with Crippen LogP contribution in [0.3, 0.4) is 0 Å². The Balaban J connectivity index is 1.83. The highest BCUT2D eigenvalue weighted by molar-refractivity contribution is 6.00. The number of rotatable bonds is 5. The maximum absolute atomic E-state index is 12.4. The summed E-state index contributed by atoms with van der Waals surface area (Å²) in [5, 5.41) is 11.4. The molecule has 4 rings (SSSR count). The van der Waals surface area contributed by atoms with Gasteiger partial charge in [-0.25, -0.2) is 4.79 Å². The summed E-state index contributed by atoms with van der Waals surface area (Å²) < 4.78 is 16.1. The van der Waals surface area contributed by atoms with E-state index in [9.17, 15) is 14.9 Å². The first-order valence-corrected chi connectivity index (χ1v) is 9.47. The maximum Gasteiger partial charge on any atom is 0.373 e. The fourth-order valence-corrected chi connectivity index (χ4v) is 3.46. The Morgan fingerprint density at radius 2 is 1.97 bits per heavy atom. The van der Waals surface area contributed by atoms with Gasteiger partial charge in [0.25, 0.3) is 5.56 Å². The highest BCUT2D eigenvalue weighted by Crippen LogP contribution is 2.38. The highest BCUT2D eigenvalue weighted by Gasteiger charge is 2.18. The third kappa shape index (κ3) is 3.79. The number of ether oxygens (including phenoxy) is 2. The second kappa shape index (κ2) is 8.20. The van der Waals surface area contributed by atoms with Crippen molar-refractivity contribution in [2.45, 2.75) is 13.5 Å². The molecule has 0 spiro atoms. The topological polar surface area (TPSA) is 105 Å². The first-order valence-electron chi connectivity index (χ1n) is 9.47. The van der Waals surface area contributed by atoms with Crippen molar-refractivity contribution in [3.05, 3.63) is 87.7 Å². The lowest BCUT2D eigenvalue weighted by Gasteiger charge is -2.15.